The number of anilines is 4. The molecule has 0 radical (unpaired) electrons. The van der Waals surface area contributed by atoms with Gasteiger partial charge in [0.25, 0.3) is 0 Å². The van der Waals surface area contributed by atoms with Crippen molar-refractivity contribution in [3.8, 4) is 22.9 Å². The van der Waals surface area contributed by atoms with Gasteiger partial charge in [0.05, 0.1) is 57.9 Å². The van der Waals surface area contributed by atoms with Gasteiger partial charge in [-0.25, -0.2) is 26.8 Å². The van der Waals surface area contributed by atoms with Gasteiger partial charge in [0, 0.05) is 46.8 Å². The first-order chi connectivity index (χ1) is 37.1. The van der Waals surface area contributed by atoms with E-state index in [1.54, 1.807) is 19.2 Å². The Balaban J connectivity index is 0.000000208. The third kappa shape index (κ3) is 14.8. The Labute approximate surface area is 473 Å². The van der Waals surface area contributed by atoms with E-state index in [0.717, 1.165) is 70.0 Å². The standard InChI is InChI=1S/C28H35ClN6O4S.C27H37ClN6O4S/c1-17-12-20(17)15-35(16-22(36)19-10-11-19)23-13-21(24(29)25(31-23)34(3)40(4,37)38)26-32-33-27(39-26)28(2,30)14-18-8-6-5-7-9-18;1-17-8-7-9-19(12-17)15-27(3,29)26-32-31-25(38-26)21-14-22(30-24(23(21)28)33(4)39(6,35)36)34(10-11-37-5)16-20-13-18(20)2/h5-9,13,17,19-20H,10-12,14-16,30H2,1-4H3;7-9,12,14,18,20H,10-11,13,15-16,29H2,1-6H3/t17?,20?,28-;/m1./s1. The zero-order valence-electron chi connectivity index (χ0n) is 46.5. The molecule has 3 aliphatic rings. The molecule has 24 heteroatoms. The van der Waals surface area contributed by atoms with Gasteiger partial charge < -0.3 is 34.8 Å². The second-order valence-corrected chi connectivity index (χ2v) is 27.1. The summed E-state index contributed by atoms with van der Waals surface area (Å²) in [6.07, 6.45) is 7.12. The Kier molecular flexibility index (Phi) is 17.9. The second kappa shape index (κ2) is 23.8. The Morgan fingerprint density at radius 1 is 0.709 bits per heavy atom. The van der Waals surface area contributed by atoms with Crippen LogP contribution in [0.5, 0.6) is 0 Å². The van der Waals surface area contributed by atoms with Gasteiger partial charge in [-0.1, -0.05) is 97.2 Å². The van der Waals surface area contributed by atoms with Crippen molar-refractivity contribution in [2.45, 2.75) is 84.2 Å². The van der Waals surface area contributed by atoms with Crippen LogP contribution in [0.25, 0.3) is 22.9 Å². The number of pyridine rings is 2. The topological polar surface area (TPSA) is 263 Å². The van der Waals surface area contributed by atoms with Crippen molar-refractivity contribution in [1.29, 1.82) is 0 Å². The van der Waals surface area contributed by atoms with Crippen LogP contribution in [0.3, 0.4) is 0 Å². The van der Waals surface area contributed by atoms with Gasteiger partial charge in [0.15, 0.2) is 17.4 Å². The van der Waals surface area contributed by atoms with Crippen molar-refractivity contribution in [2.75, 3.05) is 84.9 Å². The highest BCUT2D eigenvalue weighted by Gasteiger charge is 2.39. The largest absolute Gasteiger partial charge is 0.419 e. The average Bonchev–Trinajstić information content (AvgIpc) is 4.50. The van der Waals surface area contributed by atoms with Crippen LogP contribution in [0.1, 0.15) is 81.9 Å². The number of aromatic nitrogens is 6. The summed E-state index contributed by atoms with van der Waals surface area (Å²) in [4.78, 5) is 26.2. The van der Waals surface area contributed by atoms with Crippen molar-refractivity contribution in [3.05, 3.63) is 105 Å². The lowest BCUT2D eigenvalue weighted by atomic mass is 9.93. The number of benzene rings is 2. The number of aryl methyl sites for hydroxylation is 1. The molecule has 6 atom stereocenters. The molecule has 79 heavy (non-hydrogen) atoms. The number of rotatable bonds is 24. The van der Waals surface area contributed by atoms with Crippen LogP contribution < -0.4 is 29.9 Å². The molecule has 20 nitrogen and oxygen atoms in total. The molecule has 4 aromatic heterocycles. The molecular formula is C55H72Cl2N12O8S2. The van der Waals surface area contributed by atoms with Crippen LogP contribution in [0.15, 0.2) is 75.6 Å². The summed E-state index contributed by atoms with van der Waals surface area (Å²) in [5.41, 5.74) is 15.2. The van der Waals surface area contributed by atoms with Crippen LogP contribution in [-0.2, 0) is 53.5 Å². The van der Waals surface area contributed by atoms with Crippen LogP contribution >= 0.6 is 23.2 Å². The molecule has 3 aliphatic carbocycles. The summed E-state index contributed by atoms with van der Waals surface area (Å²) in [6.45, 7) is 12.7. The Bertz CT molecular complexity index is 3380. The van der Waals surface area contributed by atoms with Gasteiger partial charge >= 0.3 is 0 Å². The summed E-state index contributed by atoms with van der Waals surface area (Å²) in [5, 5.41) is 17.1. The number of carbonyl (C=O) groups is 1. The highest BCUT2D eigenvalue weighted by atomic mass is 35.5. The zero-order valence-corrected chi connectivity index (χ0v) is 49.6. The predicted molar refractivity (Wildman–Crippen MR) is 308 cm³/mol. The summed E-state index contributed by atoms with van der Waals surface area (Å²) < 4.78 is 69.6. The number of nitrogens with two attached hydrogens (primary N) is 2. The number of carbonyl (C=O) groups excluding carboxylic acids is 1. The first kappa shape index (κ1) is 59.4. The van der Waals surface area contributed by atoms with Gasteiger partial charge in [-0.2, -0.15) is 0 Å². The summed E-state index contributed by atoms with van der Waals surface area (Å²) in [6, 6.07) is 21.3. The number of hydrogen-bond donors (Lipinski definition) is 2. The third-order valence-electron chi connectivity index (χ3n) is 14.9. The normalized spacial score (nSPS) is 19.4. The first-order valence-corrected chi connectivity index (χ1v) is 30.7. The molecule has 4 N–H and O–H groups in total. The van der Waals surface area contributed by atoms with E-state index in [2.05, 4.69) is 55.2 Å². The number of hydrogen-bond acceptors (Lipinski definition) is 18. The molecule has 0 bridgehead atoms. The van der Waals surface area contributed by atoms with Crippen LogP contribution in [-0.4, -0.2) is 119 Å². The monoisotopic (exact) mass is 1160 g/mol. The van der Waals surface area contributed by atoms with Crippen LogP contribution in [0.4, 0.5) is 23.3 Å². The lowest BCUT2D eigenvalue weighted by molar-refractivity contribution is -0.118. The number of halogens is 2. The Hall–Kier alpha value is -5.75. The van der Waals surface area contributed by atoms with Gasteiger partial charge in [0.2, 0.25) is 43.6 Å². The van der Waals surface area contributed by atoms with E-state index in [9.17, 15) is 21.6 Å². The Morgan fingerprint density at radius 2 is 1.16 bits per heavy atom. The minimum absolute atomic E-state index is 0.0175. The van der Waals surface area contributed by atoms with Crippen molar-refractivity contribution in [3.63, 3.8) is 0 Å². The molecule has 0 spiro atoms. The maximum atomic E-state index is 12.9. The fourth-order valence-corrected chi connectivity index (χ4v) is 10.9. The molecule has 0 saturated heterocycles. The smallest absolute Gasteiger partial charge is 0.249 e. The number of sulfonamides is 2. The molecule has 0 amide bonds. The molecule has 6 aromatic rings. The molecule has 4 heterocycles. The molecule has 3 fully saturated rings. The van der Waals surface area contributed by atoms with Crippen molar-refractivity contribution in [2.24, 2.45) is 41.1 Å². The van der Waals surface area contributed by atoms with Crippen LogP contribution in [0.2, 0.25) is 10.0 Å². The lowest BCUT2D eigenvalue weighted by Crippen LogP contribution is -2.36. The predicted octanol–water partition coefficient (Wildman–Crippen LogP) is 8.05. The average molecular weight is 1160 g/mol. The highest BCUT2D eigenvalue weighted by Crippen LogP contribution is 2.44. The van der Waals surface area contributed by atoms with E-state index in [1.807, 2.05) is 74.2 Å². The molecule has 0 aliphatic heterocycles. The summed E-state index contributed by atoms with van der Waals surface area (Å²) in [5.74, 6) is 4.10. The Morgan fingerprint density at radius 3 is 1.61 bits per heavy atom. The number of nitrogens with zero attached hydrogens (tertiary/aromatic N) is 10. The van der Waals surface area contributed by atoms with E-state index < -0.39 is 31.1 Å². The third-order valence-corrected chi connectivity index (χ3v) is 17.9. The lowest BCUT2D eigenvalue weighted by Gasteiger charge is -2.26. The van der Waals surface area contributed by atoms with E-state index in [-0.39, 0.29) is 63.5 Å². The molecule has 2 aromatic carbocycles. The fourth-order valence-electron chi connectivity index (χ4n) is 9.25. The molecular weight excluding hydrogens is 1090 g/mol. The maximum Gasteiger partial charge on any atom is 0.249 e. The van der Waals surface area contributed by atoms with E-state index >= 15 is 0 Å². The number of ketones is 1. The SMILES string of the molecule is CC1CC1CN(CC(=O)C1CC1)c1cc(-c2nnc([C@](C)(N)Cc3ccccc3)o2)c(Cl)c(N(C)S(C)(=O)=O)n1.COCCN(CC1CC1C)c1cc(-c2nnc(C(C)(N)Cc3cccc(C)c3)o2)c(Cl)c(N(C)S(C)(=O)=O)n1. The quantitative estimate of drug-likeness (QED) is 0.0580. The number of Topliss-reactive ketones (excluding diaryl/α,β-unsaturated/α-hetero) is 1. The van der Waals surface area contributed by atoms with E-state index in [1.165, 1.54) is 14.1 Å². The minimum Gasteiger partial charge on any atom is -0.419 e. The van der Waals surface area contributed by atoms with Crippen molar-refractivity contribution >= 4 is 72.3 Å². The van der Waals surface area contributed by atoms with Crippen molar-refractivity contribution in [1.82, 2.24) is 30.4 Å². The van der Waals surface area contributed by atoms with E-state index in [0.29, 0.717) is 79.0 Å². The van der Waals surface area contributed by atoms with Gasteiger partial charge in [-0.15, -0.1) is 20.4 Å². The number of ether oxygens (including phenoxy) is 1. The first-order valence-electron chi connectivity index (χ1n) is 26.3. The van der Waals surface area contributed by atoms with Gasteiger partial charge in [0.1, 0.15) is 11.6 Å². The fraction of sp³-hybridized carbons (Fsp3) is 0.509. The molecule has 3 saturated carbocycles. The summed E-state index contributed by atoms with van der Waals surface area (Å²) >= 11 is 13.5. The molecule has 9 rings (SSSR count). The highest BCUT2D eigenvalue weighted by molar-refractivity contribution is 7.92. The van der Waals surface area contributed by atoms with Gasteiger partial charge in [-0.05, 0) is 106 Å². The van der Waals surface area contributed by atoms with Crippen molar-refractivity contribution < 1.29 is 35.2 Å². The van der Waals surface area contributed by atoms with Crippen LogP contribution in [0, 0.1) is 36.5 Å². The minimum atomic E-state index is -3.70. The second-order valence-electron chi connectivity index (χ2n) is 22.3. The van der Waals surface area contributed by atoms with E-state index in [4.69, 9.17) is 48.2 Å². The molecule has 5 unspecified atom stereocenters. The zero-order chi connectivity index (χ0) is 57.4. The number of methoxy groups -OCH3 is 1. The summed E-state index contributed by atoms with van der Waals surface area (Å²) in [7, 11) is -2.92. The maximum absolute atomic E-state index is 12.9. The molecule has 426 valence electrons. The van der Waals surface area contributed by atoms with Gasteiger partial charge in [-0.3, -0.25) is 13.4 Å².